The minimum atomic E-state index is -0.631. The summed E-state index contributed by atoms with van der Waals surface area (Å²) >= 11 is 0. The molecule has 0 saturated heterocycles. The van der Waals surface area contributed by atoms with Gasteiger partial charge >= 0.3 is 0 Å². The number of carbonyl (C=O) groups excluding carboxylic acids is 1. The van der Waals surface area contributed by atoms with Gasteiger partial charge in [0.2, 0.25) is 5.78 Å². The number of hydrogen-bond acceptors (Lipinski definition) is 3. The van der Waals surface area contributed by atoms with E-state index in [-0.39, 0.29) is 16.9 Å². The molecule has 0 unspecified atom stereocenters. The Balaban J connectivity index is 2.46. The lowest BCUT2D eigenvalue weighted by molar-refractivity contribution is 0.103. The number of nitriles is 1. The summed E-state index contributed by atoms with van der Waals surface area (Å²) < 4.78 is 14.7. The van der Waals surface area contributed by atoms with Crippen molar-refractivity contribution in [1.82, 2.24) is 9.55 Å². The van der Waals surface area contributed by atoms with Crippen LogP contribution in [-0.2, 0) is 7.05 Å². The second kappa shape index (κ2) is 4.18. The molecular formula is C12H8FN3O. The lowest BCUT2D eigenvalue weighted by Gasteiger charge is -2.02. The van der Waals surface area contributed by atoms with Gasteiger partial charge in [-0.25, -0.2) is 9.37 Å². The molecular weight excluding hydrogens is 221 g/mol. The van der Waals surface area contributed by atoms with Crippen LogP contribution in [0.2, 0.25) is 0 Å². The van der Waals surface area contributed by atoms with Gasteiger partial charge in [0, 0.05) is 12.6 Å². The average molecular weight is 229 g/mol. The van der Waals surface area contributed by atoms with Gasteiger partial charge in [-0.2, -0.15) is 5.26 Å². The van der Waals surface area contributed by atoms with Gasteiger partial charge in [-0.1, -0.05) is 0 Å². The van der Waals surface area contributed by atoms with Gasteiger partial charge in [-0.3, -0.25) is 4.79 Å². The Morgan fingerprint density at radius 1 is 1.53 bits per heavy atom. The highest BCUT2D eigenvalue weighted by Crippen LogP contribution is 2.13. The maximum atomic E-state index is 13.1. The number of rotatable bonds is 2. The van der Waals surface area contributed by atoms with Gasteiger partial charge < -0.3 is 4.57 Å². The summed E-state index contributed by atoms with van der Waals surface area (Å²) in [6.07, 6.45) is 2.93. The number of halogens is 1. The van der Waals surface area contributed by atoms with Crippen molar-refractivity contribution in [3.8, 4) is 6.07 Å². The Kier molecular flexibility index (Phi) is 2.71. The van der Waals surface area contributed by atoms with Crippen molar-refractivity contribution in [2.45, 2.75) is 0 Å². The van der Waals surface area contributed by atoms with Crippen molar-refractivity contribution in [3.05, 3.63) is 53.4 Å². The van der Waals surface area contributed by atoms with Crippen molar-refractivity contribution in [3.63, 3.8) is 0 Å². The first-order valence-corrected chi connectivity index (χ1v) is 4.84. The quantitative estimate of drug-likeness (QED) is 0.736. The molecule has 4 nitrogen and oxygen atoms in total. The summed E-state index contributed by atoms with van der Waals surface area (Å²) in [5, 5.41) is 8.69. The number of hydrogen-bond donors (Lipinski definition) is 0. The standard InChI is InChI=1S/C12H8FN3O/c1-16-7-15-6-11(16)12(17)8-2-3-10(13)9(4-8)5-14/h2-4,6-7H,1H3. The van der Waals surface area contributed by atoms with Crippen LogP contribution in [-0.4, -0.2) is 15.3 Å². The highest BCUT2D eigenvalue weighted by atomic mass is 19.1. The first kappa shape index (κ1) is 11.0. The minimum absolute atomic E-state index is 0.141. The lowest BCUT2D eigenvalue weighted by Crippen LogP contribution is -2.07. The van der Waals surface area contributed by atoms with E-state index in [0.717, 1.165) is 6.07 Å². The Hall–Kier alpha value is -2.48. The van der Waals surface area contributed by atoms with E-state index >= 15 is 0 Å². The third-order valence-corrected chi connectivity index (χ3v) is 2.40. The van der Waals surface area contributed by atoms with Gasteiger partial charge in [0.25, 0.3) is 0 Å². The van der Waals surface area contributed by atoms with Crippen LogP contribution >= 0.6 is 0 Å². The molecule has 0 atom stereocenters. The van der Waals surface area contributed by atoms with E-state index in [2.05, 4.69) is 4.98 Å². The number of nitrogens with zero attached hydrogens (tertiary/aromatic N) is 3. The van der Waals surface area contributed by atoms with Gasteiger partial charge in [0.05, 0.1) is 18.1 Å². The van der Waals surface area contributed by atoms with E-state index in [1.165, 1.54) is 24.7 Å². The third kappa shape index (κ3) is 1.93. The van der Waals surface area contributed by atoms with Gasteiger partial charge in [-0.05, 0) is 18.2 Å². The van der Waals surface area contributed by atoms with Crippen LogP contribution in [0.25, 0.3) is 0 Å². The Morgan fingerprint density at radius 2 is 2.29 bits per heavy atom. The molecule has 0 saturated carbocycles. The number of aryl methyl sites for hydroxylation is 1. The Labute approximate surface area is 96.9 Å². The van der Waals surface area contributed by atoms with E-state index in [0.29, 0.717) is 5.69 Å². The zero-order valence-corrected chi connectivity index (χ0v) is 9.01. The summed E-state index contributed by atoms with van der Waals surface area (Å²) in [5.41, 5.74) is 0.519. The molecule has 0 bridgehead atoms. The second-order valence-corrected chi connectivity index (χ2v) is 3.53. The monoisotopic (exact) mass is 229 g/mol. The van der Waals surface area contributed by atoms with E-state index in [1.807, 2.05) is 0 Å². The molecule has 0 spiro atoms. The minimum Gasteiger partial charge on any atom is -0.331 e. The summed E-state index contributed by atoms with van der Waals surface area (Å²) in [5.74, 6) is -0.921. The number of carbonyl (C=O) groups is 1. The largest absolute Gasteiger partial charge is 0.331 e. The topological polar surface area (TPSA) is 58.7 Å². The van der Waals surface area contributed by atoms with Crippen molar-refractivity contribution >= 4 is 5.78 Å². The molecule has 0 amide bonds. The molecule has 1 heterocycles. The van der Waals surface area contributed by atoms with Gasteiger partial charge in [0.15, 0.2) is 0 Å². The molecule has 0 aliphatic rings. The van der Waals surface area contributed by atoms with Crippen LogP contribution in [0.3, 0.4) is 0 Å². The first-order chi connectivity index (χ1) is 8.13. The normalized spacial score (nSPS) is 9.94. The van der Waals surface area contributed by atoms with Crippen molar-refractivity contribution in [2.75, 3.05) is 0 Å². The van der Waals surface area contributed by atoms with E-state index < -0.39 is 5.82 Å². The van der Waals surface area contributed by atoms with E-state index in [9.17, 15) is 9.18 Å². The number of benzene rings is 1. The smallest absolute Gasteiger partial charge is 0.211 e. The zero-order chi connectivity index (χ0) is 12.4. The van der Waals surface area contributed by atoms with Crippen LogP contribution in [0.15, 0.2) is 30.7 Å². The molecule has 0 N–H and O–H groups in total. The highest BCUT2D eigenvalue weighted by molar-refractivity contribution is 6.07. The molecule has 2 aromatic rings. The fourth-order valence-corrected chi connectivity index (χ4v) is 1.48. The summed E-state index contributed by atoms with van der Waals surface area (Å²) in [6, 6.07) is 5.41. The summed E-state index contributed by atoms with van der Waals surface area (Å²) in [7, 11) is 1.69. The predicted octanol–water partition coefficient (Wildman–Crippen LogP) is 1.66. The third-order valence-electron chi connectivity index (χ3n) is 2.40. The van der Waals surface area contributed by atoms with Crippen LogP contribution < -0.4 is 0 Å². The summed E-state index contributed by atoms with van der Waals surface area (Å²) in [6.45, 7) is 0. The second-order valence-electron chi connectivity index (χ2n) is 3.53. The highest BCUT2D eigenvalue weighted by Gasteiger charge is 2.14. The Bertz CT molecular complexity index is 625. The molecule has 2 rings (SSSR count). The zero-order valence-electron chi connectivity index (χ0n) is 9.01. The van der Waals surface area contributed by atoms with Crippen LogP contribution in [0.1, 0.15) is 21.6 Å². The molecule has 1 aromatic carbocycles. The number of imidazole rings is 1. The molecule has 1 aromatic heterocycles. The fraction of sp³-hybridized carbons (Fsp3) is 0.0833. The van der Waals surface area contributed by atoms with E-state index in [1.54, 1.807) is 17.7 Å². The average Bonchev–Trinajstić information content (AvgIpc) is 2.75. The molecule has 5 heteroatoms. The Morgan fingerprint density at radius 3 is 2.88 bits per heavy atom. The van der Waals surface area contributed by atoms with Gasteiger partial charge in [-0.15, -0.1) is 0 Å². The molecule has 0 aliphatic carbocycles. The van der Waals surface area contributed by atoms with Crippen LogP contribution in [0.5, 0.6) is 0 Å². The van der Waals surface area contributed by atoms with Gasteiger partial charge in [0.1, 0.15) is 17.6 Å². The molecule has 84 valence electrons. The number of ketones is 1. The summed E-state index contributed by atoms with van der Waals surface area (Å²) in [4.78, 5) is 15.8. The van der Waals surface area contributed by atoms with E-state index in [4.69, 9.17) is 5.26 Å². The SMILES string of the molecule is Cn1cncc1C(=O)c1ccc(F)c(C#N)c1. The van der Waals surface area contributed by atoms with Crippen LogP contribution in [0.4, 0.5) is 4.39 Å². The van der Waals surface area contributed by atoms with Crippen molar-refractivity contribution in [2.24, 2.45) is 7.05 Å². The predicted molar refractivity (Wildman–Crippen MR) is 57.8 cm³/mol. The maximum Gasteiger partial charge on any atom is 0.211 e. The first-order valence-electron chi connectivity index (χ1n) is 4.84. The molecule has 0 aliphatic heterocycles. The maximum absolute atomic E-state index is 13.1. The fourth-order valence-electron chi connectivity index (χ4n) is 1.48. The molecule has 0 radical (unpaired) electrons. The van der Waals surface area contributed by atoms with Crippen molar-refractivity contribution in [1.29, 1.82) is 5.26 Å². The number of aromatic nitrogens is 2. The molecule has 17 heavy (non-hydrogen) atoms. The van der Waals surface area contributed by atoms with Crippen LogP contribution in [0, 0.1) is 17.1 Å². The van der Waals surface area contributed by atoms with Crippen molar-refractivity contribution < 1.29 is 9.18 Å². The molecule has 0 fully saturated rings. The lowest BCUT2D eigenvalue weighted by atomic mass is 10.1.